The minimum absolute atomic E-state index is 0.0485. The molecule has 0 bridgehead atoms. The molecule has 1 heterocycles. The number of aryl methyl sites for hydroxylation is 2. The van der Waals surface area contributed by atoms with Gasteiger partial charge >= 0.3 is 11.7 Å². The van der Waals surface area contributed by atoms with Gasteiger partial charge in [0.1, 0.15) is 0 Å². The fourth-order valence-corrected chi connectivity index (χ4v) is 2.59. The van der Waals surface area contributed by atoms with E-state index in [4.69, 9.17) is 14.2 Å². The van der Waals surface area contributed by atoms with E-state index >= 15 is 0 Å². The Morgan fingerprint density at radius 2 is 1.79 bits per heavy atom. The minimum atomic E-state index is -0.460. The summed E-state index contributed by atoms with van der Waals surface area (Å²) in [5, 5.41) is 0.625. The topological polar surface area (TPSA) is 88.9 Å². The van der Waals surface area contributed by atoms with Gasteiger partial charge in [-0.05, 0) is 6.92 Å². The van der Waals surface area contributed by atoms with Crippen LogP contribution in [-0.2, 0) is 16.1 Å². The molecule has 0 atom stereocenters. The summed E-state index contributed by atoms with van der Waals surface area (Å²) in [5.41, 5.74) is 0.589. The Balaban J connectivity index is 2.79. The van der Waals surface area contributed by atoms with E-state index in [9.17, 15) is 9.59 Å². The van der Waals surface area contributed by atoms with Gasteiger partial charge in [0.05, 0.1) is 51.5 Å². The molecule has 0 spiro atoms. The van der Waals surface area contributed by atoms with Gasteiger partial charge in [-0.1, -0.05) is 0 Å². The first-order chi connectivity index (χ1) is 11.5. The second-order valence-electron chi connectivity index (χ2n) is 5.00. The largest absolute Gasteiger partial charge is 0.493 e. The molecule has 24 heavy (non-hydrogen) atoms. The van der Waals surface area contributed by atoms with Crippen LogP contribution in [0.4, 0.5) is 0 Å². The molecule has 0 aliphatic rings. The van der Waals surface area contributed by atoms with E-state index in [1.54, 1.807) is 13.0 Å². The number of carbonyl (C=O) groups is 1. The maximum atomic E-state index is 12.3. The van der Waals surface area contributed by atoms with Crippen LogP contribution < -0.4 is 19.9 Å². The molecule has 0 saturated carbocycles. The first-order valence-corrected chi connectivity index (χ1v) is 7.25. The van der Waals surface area contributed by atoms with Gasteiger partial charge in [-0.15, -0.1) is 0 Å². The Kier molecular flexibility index (Phi) is 5.28. The average Bonchev–Trinajstić information content (AvgIpc) is 2.58. The monoisotopic (exact) mass is 336 g/mol. The third-order valence-corrected chi connectivity index (χ3v) is 3.72. The standard InChI is InChI=1S/C16H20N2O6/c1-9-13-10(8-11(21-2)14(23-4)15(13)24-5)18(16(20)17-9)7-6-12(19)22-3/h8H,6-7H2,1-5H3. The third kappa shape index (κ3) is 2.99. The summed E-state index contributed by atoms with van der Waals surface area (Å²) in [6.45, 7) is 1.84. The SMILES string of the molecule is COC(=O)CCn1c(=O)nc(C)c2c(OC)c(OC)c(OC)cc21. The van der Waals surface area contributed by atoms with Crippen molar-refractivity contribution in [3.8, 4) is 17.2 Å². The van der Waals surface area contributed by atoms with E-state index in [2.05, 4.69) is 9.72 Å². The fraction of sp³-hybridized carbons (Fsp3) is 0.438. The second kappa shape index (κ2) is 7.20. The molecule has 0 fully saturated rings. The molecule has 0 radical (unpaired) electrons. The van der Waals surface area contributed by atoms with Gasteiger partial charge in [0.2, 0.25) is 5.75 Å². The van der Waals surface area contributed by atoms with Gasteiger partial charge in [-0.2, -0.15) is 4.98 Å². The van der Waals surface area contributed by atoms with E-state index in [0.717, 1.165) is 0 Å². The highest BCUT2D eigenvalue weighted by molar-refractivity contribution is 5.92. The van der Waals surface area contributed by atoms with Crippen molar-refractivity contribution in [2.45, 2.75) is 19.9 Å². The number of rotatable bonds is 6. The quantitative estimate of drug-likeness (QED) is 0.734. The molecule has 2 rings (SSSR count). The van der Waals surface area contributed by atoms with Gasteiger partial charge < -0.3 is 18.9 Å². The summed E-state index contributed by atoms with van der Waals surface area (Å²) in [7, 11) is 5.80. The smallest absolute Gasteiger partial charge is 0.348 e. The van der Waals surface area contributed by atoms with Crippen LogP contribution in [0.2, 0.25) is 0 Å². The highest BCUT2D eigenvalue weighted by Gasteiger charge is 2.21. The number of fused-ring (bicyclic) bond motifs is 1. The predicted molar refractivity (Wildman–Crippen MR) is 87.0 cm³/mol. The molecule has 130 valence electrons. The van der Waals surface area contributed by atoms with Crippen LogP contribution in [0.15, 0.2) is 10.9 Å². The number of methoxy groups -OCH3 is 4. The lowest BCUT2D eigenvalue weighted by Crippen LogP contribution is -2.26. The average molecular weight is 336 g/mol. The summed E-state index contributed by atoms with van der Waals surface area (Å²) in [6, 6.07) is 1.67. The number of hydrogen-bond acceptors (Lipinski definition) is 7. The first-order valence-electron chi connectivity index (χ1n) is 7.25. The highest BCUT2D eigenvalue weighted by Crippen LogP contribution is 2.43. The van der Waals surface area contributed by atoms with Crippen molar-refractivity contribution in [3.05, 3.63) is 22.2 Å². The predicted octanol–water partition coefficient (Wildman–Crippen LogP) is 1.29. The Labute approximate surface area is 138 Å². The lowest BCUT2D eigenvalue weighted by atomic mass is 10.1. The lowest BCUT2D eigenvalue weighted by Gasteiger charge is -2.18. The number of carbonyl (C=O) groups excluding carboxylic acids is 1. The molecule has 1 aromatic carbocycles. The third-order valence-electron chi connectivity index (χ3n) is 3.72. The van der Waals surface area contributed by atoms with E-state index in [1.165, 1.54) is 33.0 Å². The van der Waals surface area contributed by atoms with Crippen LogP contribution in [0.25, 0.3) is 10.9 Å². The Bertz CT molecular complexity index is 828. The maximum absolute atomic E-state index is 12.3. The molecule has 0 N–H and O–H groups in total. The van der Waals surface area contributed by atoms with E-state index < -0.39 is 11.7 Å². The molecule has 1 aromatic heterocycles. The highest BCUT2D eigenvalue weighted by atomic mass is 16.5. The Morgan fingerprint density at radius 1 is 1.12 bits per heavy atom. The van der Waals surface area contributed by atoms with E-state index in [1.807, 2.05) is 0 Å². The van der Waals surface area contributed by atoms with Gasteiger partial charge in [-0.25, -0.2) is 4.79 Å². The van der Waals surface area contributed by atoms with Crippen molar-refractivity contribution >= 4 is 16.9 Å². The number of esters is 1. The molecule has 8 heteroatoms. The molecule has 0 aliphatic carbocycles. The summed E-state index contributed by atoms with van der Waals surface area (Å²) in [5.74, 6) is 0.834. The van der Waals surface area contributed by atoms with Crippen molar-refractivity contribution in [1.29, 1.82) is 0 Å². The van der Waals surface area contributed by atoms with Crippen molar-refractivity contribution in [2.75, 3.05) is 28.4 Å². The van der Waals surface area contributed by atoms with Gasteiger partial charge in [0.15, 0.2) is 11.5 Å². The first kappa shape index (κ1) is 17.6. The van der Waals surface area contributed by atoms with Crippen LogP contribution in [0.3, 0.4) is 0 Å². The molecule has 0 unspecified atom stereocenters. The second-order valence-corrected chi connectivity index (χ2v) is 5.00. The van der Waals surface area contributed by atoms with Crippen LogP contribution in [0, 0.1) is 6.92 Å². The molecular formula is C16H20N2O6. The molecule has 0 aliphatic heterocycles. The minimum Gasteiger partial charge on any atom is -0.493 e. The zero-order valence-electron chi connectivity index (χ0n) is 14.3. The molecular weight excluding hydrogens is 316 g/mol. The molecule has 0 amide bonds. The normalized spacial score (nSPS) is 10.5. The Hall–Kier alpha value is -2.77. The van der Waals surface area contributed by atoms with E-state index in [0.29, 0.717) is 33.8 Å². The maximum Gasteiger partial charge on any atom is 0.348 e. The lowest BCUT2D eigenvalue weighted by molar-refractivity contribution is -0.140. The number of ether oxygens (including phenoxy) is 4. The number of benzene rings is 1. The van der Waals surface area contributed by atoms with Crippen LogP contribution >= 0.6 is 0 Å². The Morgan fingerprint density at radius 3 is 2.33 bits per heavy atom. The zero-order chi connectivity index (χ0) is 17.9. The molecule has 0 saturated heterocycles. The fourth-order valence-electron chi connectivity index (χ4n) is 2.59. The summed E-state index contributed by atoms with van der Waals surface area (Å²) in [6.07, 6.45) is 0.0485. The van der Waals surface area contributed by atoms with Crippen LogP contribution in [0.5, 0.6) is 17.2 Å². The van der Waals surface area contributed by atoms with Crippen molar-refractivity contribution < 1.29 is 23.7 Å². The van der Waals surface area contributed by atoms with E-state index in [-0.39, 0.29) is 13.0 Å². The number of nitrogens with zero attached hydrogens (tertiary/aromatic N) is 2. The van der Waals surface area contributed by atoms with Crippen LogP contribution in [0.1, 0.15) is 12.1 Å². The number of hydrogen-bond donors (Lipinski definition) is 0. The summed E-state index contributed by atoms with van der Waals surface area (Å²) < 4.78 is 22.2. The van der Waals surface area contributed by atoms with Crippen LogP contribution in [-0.4, -0.2) is 44.0 Å². The van der Waals surface area contributed by atoms with Gasteiger partial charge in [0.25, 0.3) is 0 Å². The van der Waals surface area contributed by atoms with Gasteiger partial charge in [-0.3, -0.25) is 9.36 Å². The van der Waals surface area contributed by atoms with Crippen molar-refractivity contribution in [2.24, 2.45) is 0 Å². The molecule has 8 nitrogen and oxygen atoms in total. The summed E-state index contributed by atoms with van der Waals surface area (Å²) >= 11 is 0. The summed E-state index contributed by atoms with van der Waals surface area (Å²) in [4.78, 5) is 27.7. The zero-order valence-corrected chi connectivity index (χ0v) is 14.3. The van der Waals surface area contributed by atoms with Gasteiger partial charge in [0, 0.05) is 12.6 Å². The molecule has 2 aromatic rings. The van der Waals surface area contributed by atoms with Crippen molar-refractivity contribution in [3.63, 3.8) is 0 Å². The van der Waals surface area contributed by atoms with Crippen molar-refractivity contribution in [1.82, 2.24) is 9.55 Å². The number of aromatic nitrogens is 2.